The van der Waals surface area contributed by atoms with Crippen molar-refractivity contribution in [1.29, 1.82) is 0 Å². The van der Waals surface area contributed by atoms with E-state index in [4.69, 9.17) is 0 Å². The number of nitrogens with zero attached hydrogens (tertiary/aromatic N) is 2. The first-order chi connectivity index (χ1) is 18.5. The summed E-state index contributed by atoms with van der Waals surface area (Å²) in [5.74, 6) is -0.199. The summed E-state index contributed by atoms with van der Waals surface area (Å²) in [4.78, 5) is 53.6. The van der Waals surface area contributed by atoms with Crippen molar-refractivity contribution in [2.75, 3.05) is 26.2 Å². The van der Waals surface area contributed by atoms with Gasteiger partial charge in [0, 0.05) is 13.0 Å². The van der Waals surface area contributed by atoms with Gasteiger partial charge in [0.15, 0.2) is 0 Å². The quantitative estimate of drug-likeness (QED) is 0.596. The number of benzene rings is 2. The molecule has 0 saturated carbocycles. The molecule has 3 saturated heterocycles. The van der Waals surface area contributed by atoms with Crippen LogP contribution in [0.3, 0.4) is 0 Å². The zero-order chi connectivity index (χ0) is 26.2. The molecule has 0 radical (unpaired) electrons. The second kappa shape index (κ2) is 10.4. The van der Waals surface area contributed by atoms with Crippen molar-refractivity contribution in [3.63, 3.8) is 0 Å². The first-order valence-electron chi connectivity index (χ1n) is 13.9. The van der Waals surface area contributed by atoms with E-state index < -0.39 is 23.8 Å². The van der Waals surface area contributed by atoms with Gasteiger partial charge >= 0.3 is 0 Å². The number of likely N-dealkylation sites (tertiary alicyclic amines) is 1. The normalized spacial score (nSPS) is 23.6. The molecular weight excluding hydrogens is 480 g/mol. The van der Waals surface area contributed by atoms with Crippen LogP contribution in [0, 0.1) is 11.8 Å². The van der Waals surface area contributed by atoms with Gasteiger partial charge < -0.3 is 5.32 Å². The van der Waals surface area contributed by atoms with E-state index in [0.717, 1.165) is 60.6 Å². The van der Waals surface area contributed by atoms with Gasteiger partial charge in [-0.2, -0.15) is 0 Å². The largest absolute Gasteiger partial charge is 0.317 e. The molecule has 0 aromatic heterocycles. The number of hydrogen-bond donors (Lipinski definition) is 2. The van der Waals surface area contributed by atoms with Gasteiger partial charge in [-0.15, -0.1) is 0 Å². The van der Waals surface area contributed by atoms with E-state index in [1.54, 1.807) is 12.1 Å². The fraction of sp³-hybridized carbons (Fsp3) is 0.467. The third kappa shape index (κ3) is 4.78. The minimum absolute atomic E-state index is 0.109. The lowest BCUT2D eigenvalue weighted by Crippen LogP contribution is -2.54. The van der Waals surface area contributed by atoms with E-state index in [9.17, 15) is 19.2 Å². The van der Waals surface area contributed by atoms with E-state index in [1.807, 2.05) is 18.2 Å². The Morgan fingerprint density at radius 1 is 0.763 bits per heavy atom. The van der Waals surface area contributed by atoms with Gasteiger partial charge in [-0.05, 0) is 105 Å². The molecule has 1 unspecified atom stereocenters. The average Bonchev–Trinajstić information content (AvgIpc) is 3.19. The smallest absolute Gasteiger partial charge is 0.262 e. The number of fused-ring (bicyclic) bond motifs is 1. The first kappa shape index (κ1) is 24.9. The minimum atomic E-state index is -0.953. The second-order valence-corrected chi connectivity index (χ2v) is 11.1. The van der Waals surface area contributed by atoms with Gasteiger partial charge in [-0.1, -0.05) is 24.3 Å². The van der Waals surface area contributed by atoms with Gasteiger partial charge in [0.05, 0.1) is 11.1 Å². The highest BCUT2D eigenvalue weighted by atomic mass is 16.2. The van der Waals surface area contributed by atoms with Crippen molar-refractivity contribution < 1.29 is 19.2 Å². The van der Waals surface area contributed by atoms with Crippen molar-refractivity contribution in [2.24, 2.45) is 11.8 Å². The highest BCUT2D eigenvalue weighted by molar-refractivity contribution is 6.23. The summed E-state index contributed by atoms with van der Waals surface area (Å²) in [7, 11) is 0. The molecule has 0 aliphatic carbocycles. The number of imide groups is 2. The van der Waals surface area contributed by atoms with Gasteiger partial charge in [-0.25, -0.2) is 0 Å². The number of carbonyl (C=O) groups is 4. The molecule has 8 heteroatoms. The van der Waals surface area contributed by atoms with Crippen molar-refractivity contribution >= 4 is 23.6 Å². The summed E-state index contributed by atoms with van der Waals surface area (Å²) >= 11 is 0. The standard InChI is InChI=1S/C30H34N4O4/c35-27-7-6-26(28(36)32-27)34-29(37)24-5-4-23(17-25(24)30(34)38)22-3-1-2-19(16-22)18-33-14-10-21(11-15-33)20-8-12-31-13-9-20/h1-5,16-17,20-21,26,31H,6-15,18H2,(H,32,35,36). The van der Waals surface area contributed by atoms with Crippen LogP contribution in [-0.2, 0) is 16.1 Å². The molecule has 38 heavy (non-hydrogen) atoms. The maximum absolute atomic E-state index is 13.2. The maximum atomic E-state index is 13.2. The average molecular weight is 515 g/mol. The molecule has 4 aliphatic heterocycles. The van der Waals surface area contributed by atoms with Crippen LogP contribution in [0.2, 0.25) is 0 Å². The molecule has 6 rings (SSSR count). The van der Waals surface area contributed by atoms with Gasteiger partial charge in [0.1, 0.15) is 6.04 Å². The number of rotatable bonds is 5. The molecule has 4 heterocycles. The van der Waals surface area contributed by atoms with Crippen LogP contribution in [-0.4, -0.2) is 65.6 Å². The maximum Gasteiger partial charge on any atom is 0.262 e. The van der Waals surface area contributed by atoms with Crippen LogP contribution < -0.4 is 10.6 Å². The molecule has 2 aromatic rings. The Morgan fingerprint density at radius 2 is 1.47 bits per heavy atom. The molecular formula is C30H34N4O4. The number of carbonyl (C=O) groups excluding carboxylic acids is 4. The van der Waals surface area contributed by atoms with Crippen molar-refractivity contribution in [2.45, 2.75) is 51.1 Å². The highest BCUT2D eigenvalue weighted by Crippen LogP contribution is 2.33. The molecule has 2 aromatic carbocycles. The predicted molar refractivity (Wildman–Crippen MR) is 142 cm³/mol. The molecule has 2 N–H and O–H groups in total. The predicted octanol–water partition coefficient (Wildman–Crippen LogP) is 2.97. The fourth-order valence-corrected chi connectivity index (χ4v) is 6.66. The van der Waals surface area contributed by atoms with Gasteiger partial charge in [-0.3, -0.25) is 34.3 Å². The van der Waals surface area contributed by atoms with E-state index in [1.165, 1.54) is 31.2 Å². The van der Waals surface area contributed by atoms with Gasteiger partial charge in [0.2, 0.25) is 11.8 Å². The molecule has 8 nitrogen and oxygen atoms in total. The van der Waals surface area contributed by atoms with Crippen LogP contribution in [0.15, 0.2) is 42.5 Å². The molecule has 198 valence electrons. The van der Waals surface area contributed by atoms with Gasteiger partial charge in [0.25, 0.3) is 11.8 Å². The first-order valence-corrected chi connectivity index (χ1v) is 13.9. The molecule has 1 atom stereocenters. The van der Waals surface area contributed by atoms with Crippen molar-refractivity contribution in [3.8, 4) is 11.1 Å². The summed E-state index contributed by atoms with van der Waals surface area (Å²) < 4.78 is 0. The van der Waals surface area contributed by atoms with Crippen LogP contribution in [0.25, 0.3) is 11.1 Å². The highest BCUT2D eigenvalue weighted by Gasteiger charge is 2.44. The summed E-state index contributed by atoms with van der Waals surface area (Å²) in [6, 6.07) is 12.7. The zero-order valence-corrected chi connectivity index (χ0v) is 21.6. The van der Waals surface area contributed by atoms with Crippen LogP contribution in [0.1, 0.15) is 64.8 Å². The summed E-state index contributed by atoms with van der Waals surface area (Å²) in [6.45, 7) is 5.48. The number of amides is 4. The molecule has 0 spiro atoms. The summed E-state index contributed by atoms with van der Waals surface area (Å²) in [6.07, 6.45) is 5.43. The van der Waals surface area contributed by atoms with Crippen molar-refractivity contribution in [3.05, 3.63) is 59.2 Å². The third-order valence-electron chi connectivity index (χ3n) is 8.79. The molecule has 4 amide bonds. The number of piperidine rings is 3. The number of nitrogens with one attached hydrogen (secondary N) is 2. The molecule has 0 bridgehead atoms. The van der Waals surface area contributed by atoms with E-state index in [-0.39, 0.29) is 18.7 Å². The van der Waals surface area contributed by atoms with Crippen LogP contribution in [0.5, 0.6) is 0 Å². The Balaban J connectivity index is 1.14. The summed E-state index contributed by atoms with van der Waals surface area (Å²) in [5.41, 5.74) is 3.70. The SMILES string of the molecule is O=C1CCC(N2C(=O)c3ccc(-c4cccc(CN5CCC(C6CCNCC6)CC5)c4)cc3C2=O)C(=O)N1. The Kier molecular flexibility index (Phi) is 6.84. The zero-order valence-electron chi connectivity index (χ0n) is 21.6. The Morgan fingerprint density at radius 3 is 2.24 bits per heavy atom. The monoisotopic (exact) mass is 514 g/mol. The van der Waals surface area contributed by atoms with E-state index in [2.05, 4.69) is 27.7 Å². The van der Waals surface area contributed by atoms with Crippen LogP contribution >= 0.6 is 0 Å². The lowest BCUT2D eigenvalue weighted by molar-refractivity contribution is -0.136. The topological polar surface area (TPSA) is 98.8 Å². The fourth-order valence-electron chi connectivity index (χ4n) is 6.66. The lowest BCUT2D eigenvalue weighted by atomic mass is 9.79. The Hall–Kier alpha value is -3.36. The third-order valence-corrected chi connectivity index (χ3v) is 8.79. The van der Waals surface area contributed by atoms with E-state index >= 15 is 0 Å². The second-order valence-electron chi connectivity index (χ2n) is 11.1. The lowest BCUT2D eigenvalue weighted by Gasteiger charge is -2.37. The Bertz CT molecular complexity index is 1280. The molecule has 3 fully saturated rings. The Labute approximate surface area is 222 Å². The number of hydrogen-bond acceptors (Lipinski definition) is 6. The summed E-state index contributed by atoms with van der Waals surface area (Å²) in [5, 5.41) is 5.72. The van der Waals surface area contributed by atoms with E-state index in [0.29, 0.717) is 11.1 Å². The van der Waals surface area contributed by atoms with Crippen molar-refractivity contribution in [1.82, 2.24) is 20.4 Å². The molecule has 4 aliphatic rings. The minimum Gasteiger partial charge on any atom is -0.317 e. The van der Waals surface area contributed by atoms with Crippen LogP contribution in [0.4, 0.5) is 0 Å².